The van der Waals surface area contributed by atoms with Crippen molar-refractivity contribution in [3.05, 3.63) is 22.0 Å². The molecule has 10 heteroatoms. The Hall–Kier alpha value is -2.47. The van der Waals surface area contributed by atoms with Gasteiger partial charge in [0.1, 0.15) is 17.1 Å². The van der Waals surface area contributed by atoms with Crippen LogP contribution in [0, 0.1) is 23.7 Å². The van der Waals surface area contributed by atoms with Crippen LogP contribution in [0.15, 0.2) is 0 Å². The number of hydrogen-bond acceptors (Lipinski definition) is 4. The second kappa shape index (κ2) is 7.05. The van der Waals surface area contributed by atoms with Crippen molar-refractivity contribution in [3.63, 3.8) is 0 Å². The molecule has 0 radical (unpaired) electrons. The number of likely N-dealkylation sites (tertiary alicyclic amines) is 1. The fraction of sp³-hybridized carbons (Fsp3) is 0.550. The predicted molar refractivity (Wildman–Crippen MR) is 106 cm³/mol. The first kappa shape index (κ1) is 20.8. The smallest absolute Gasteiger partial charge is 0.369 e. The number of carbonyl (C=O) groups excluding carboxylic acids is 1. The standard InChI is InChI=1S/C20H21ClF3N5O/c1-11-14(21)15-16(26-11)17(13(9-25)18(27-15)20(22,23)24)28-6-3-19(4-7-28)5-8-29(10-19)12(2)30/h26H,3-8,10H2,1-2H3. The van der Waals surface area contributed by atoms with Crippen LogP contribution in [0.25, 0.3) is 11.0 Å². The molecule has 2 aliphatic rings. The van der Waals surface area contributed by atoms with Gasteiger partial charge in [0, 0.05) is 38.8 Å². The van der Waals surface area contributed by atoms with Gasteiger partial charge in [-0.2, -0.15) is 18.4 Å². The largest absolute Gasteiger partial charge is 0.434 e. The van der Waals surface area contributed by atoms with Crippen LogP contribution in [0.5, 0.6) is 0 Å². The number of H-pyrrole nitrogens is 1. The highest BCUT2D eigenvalue weighted by atomic mass is 35.5. The minimum absolute atomic E-state index is 0.0166. The molecular formula is C20H21ClF3N5O. The summed E-state index contributed by atoms with van der Waals surface area (Å²) in [5, 5.41) is 9.75. The second-order valence-corrected chi connectivity index (χ2v) is 8.64. The van der Waals surface area contributed by atoms with Crippen LogP contribution in [0.2, 0.25) is 5.02 Å². The van der Waals surface area contributed by atoms with Crippen LogP contribution in [-0.4, -0.2) is 47.0 Å². The van der Waals surface area contributed by atoms with Crippen LogP contribution in [-0.2, 0) is 11.0 Å². The summed E-state index contributed by atoms with van der Waals surface area (Å²) >= 11 is 6.21. The van der Waals surface area contributed by atoms with Crippen LogP contribution in [0.4, 0.5) is 18.9 Å². The van der Waals surface area contributed by atoms with Gasteiger partial charge in [0.15, 0.2) is 5.69 Å². The van der Waals surface area contributed by atoms with Gasteiger partial charge in [0.25, 0.3) is 0 Å². The summed E-state index contributed by atoms with van der Waals surface area (Å²) in [7, 11) is 0. The molecular weight excluding hydrogens is 419 g/mol. The minimum Gasteiger partial charge on any atom is -0.369 e. The lowest BCUT2D eigenvalue weighted by Crippen LogP contribution is -2.42. The first-order chi connectivity index (χ1) is 14.1. The number of halogens is 4. The van der Waals surface area contributed by atoms with Crippen LogP contribution in [0.3, 0.4) is 0 Å². The fourth-order valence-corrected chi connectivity index (χ4v) is 4.90. The molecule has 30 heavy (non-hydrogen) atoms. The van der Waals surface area contributed by atoms with E-state index in [-0.39, 0.29) is 27.5 Å². The van der Waals surface area contributed by atoms with Crippen molar-refractivity contribution in [3.8, 4) is 6.07 Å². The summed E-state index contributed by atoms with van der Waals surface area (Å²) < 4.78 is 41.1. The summed E-state index contributed by atoms with van der Waals surface area (Å²) in [6.07, 6.45) is -2.41. The van der Waals surface area contributed by atoms with Gasteiger partial charge < -0.3 is 14.8 Å². The quantitative estimate of drug-likeness (QED) is 0.720. The number of nitriles is 1. The molecule has 1 amide bonds. The topological polar surface area (TPSA) is 76.0 Å². The number of aryl methyl sites for hydroxylation is 1. The predicted octanol–water partition coefficient (Wildman–Crippen LogP) is 4.25. The number of aromatic nitrogens is 2. The molecule has 2 fully saturated rings. The highest BCUT2D eigenvalue weighted by Crippen LogP contribution is 2.45. The summed E-state index contributed by atoms with van der Waals surface area (Å²) in [5.74, 6) is 0.0447. The highest BCUT2D eigenvalue weighted by Gasteiger charge is 2.44. The number of anilines is 1. The van der Waals surface area contributed by atoms with Gasteiger partial charge in [-0.1, -0.05) is 11.6 Å². The molecule has 0 saturated carbocycles. The molecule has 0 aliphatic carbocycles. The van der Waals surface area contributed by atoms with E-state index in [9.17, 15) is 23.2 Å². The number of rotatable bonds is 1. The number of aromatic amines is 1. The number of nitrogens with zero attached hydrogens (tertiary/aromatic N) is 4. The number of carbonyl (C=O) groups is 1. The minimum atomic E-state index is -4.77. The van der Waals surface area contributed by atoms with E-state index in [4.69, 9.17) is 11.6 Å². The van der Waals surface area contributed by atoms with E-state index in [1.807, 2.05) is 9.80 Å². The molecule has 0 bridgehead atoms. The summed E-state index contributed by atoms with van der Waals surface area (Å²) in [5.41, 5.74) is -0.615. The number of pyridine rings is 1. The van der Waals surface area contributed by atoms with Crippen LogP contribution in [0.1, 0.15) is 43.1 Å². The number of piperidine rings is 1. The lowest BCUT2D eigenvalue weighted by Gasteiger charge is -2.40. The van der Waals surface area contributed by atoms with Crippen LogP contribution >= 0.6 is 11.6 Å². The molecule has 1 N–H and O–H groups in total. The first-order valence-corrected chi connectivity index (χ1v) is 10.1. The lowest BCUT2D eigenvalue weighted by molar-refractivity contribution is -0.141. The summed E-state index contributed by atoms with van der Waals surface area (Å²) in [6, 6.07) is 1.73. The summed E-state index contributed by atoms with van der Waals surface area (Å²) in [6.45, 7) is 5.58. The number of hydrogen-bond donors (Lipinski definition) is 1. The van der Waals surface area contributed by atoms with Crippen molar-refractivity contribution >= 4 is 34.2 Å². The number of alkyl halides is 3. The van der Waals surface area contributed by atoms with E-state index in [0.717, 1.165) is 19.3 Å². The first-order valence-electron chi connectivity index (χ1n) is 9.76. The maximum Gasteiger partial charge on any atom is 0.434 e. The van der Waals surface area contributed by atoms with E-state index in [0.29, 0.717) is 37.4 Å². The molecule has 160 valence electrons. The zero-order chi connectivity index (χ0) is 21.8. The van der Waals surface area contributed by atoms with E-state index in [1.54, 1.807) is 19.9 Å². The Morgan fingerprint density at radius 1 is 1.27 bits per heavy atom. The Labute approximate surface area is 176 Å². The Kier molecular flexibility index (Phi) is 4.88. The Morgan fingerprint density at radius 2 is 1.90 bits per heavy atom. The van der Waals surface area contributed by atoms with Gasteiger partial charge in [0.05, 0.1) is 16.2 Å². The van der Waals surface area contributed by atoms with E-state index >= 15 is 0 Å². The Balaban J connectivity index is 1.75. The van der Waals surface area contributed by atoms with Crippen LogP contribution < -0.4 is 4.90 Å². The Bertz CT molecular complexity index is 1060. The average Bonchev–Trinajstić information content (AvgIpc) is 3.22. The summed E-state index contributed by atoms with van der Waals surface area (Å²) in [4.78, 5) is 22.1. The molecule has 2 saturated heterocycles. The third-order valence-electron chi connectivity index (χ3n) is 6.42. The van der Waals surface area contributed by atoms with Gasteiger partial charge in [-0.3, -0.25) is 4.79 Å². The van der Waals surface area contributed by atoms with Gasteiger partial charge in [-0.15, -0.1) is 0 Å². The van der Waals surface area contributed by atoms with Gasteiger partial charge in [-0.05, 0) is 31.6 Å². The molecule has 1 spiro atoms. The van der Waals surface area contributed by atoms with Crippen molar-refractivity contribution in [2.75, 3.05) is 31.1 Å². The monoisotopic (exact) mass is 439 g/mol. The van der Waals surface area contributed by atoms with E-state index in [2.05, 4.69) is 9.97 Å². The molecule has 0 aromatic carbocycles. The molecule has 2 aliphatic heterocycles. The molecule has 2 aromatic rings. The van der Waals surface area contributed by atoms with Gasteiger partial charge >= 0.3 is 6.18 Å². The van der Waals surface area contributed by atoms with E-state index < -0.39 is 17.4 Å². The molecule has 0 unspecified atom stereocenters. The van der Waals surface area contributed by atoms with Crippen molar-refractivity contribution in [2.24, 2.45) is 5.41 Å². The van der Waals surface area contributed by atoms with Crippen molar-refractivity contribution < 1.29 is 18.0 Å². The highest BCUT2D eigenvalue weighted by molar-refractivity contribution is 6.36. The van der Waals surface area contributed by atoms with E-state index in [1.165, 1.54) is 0 Å². The number of fused-ring (bicyclic) bond motifs is 1. The molecule has 2 aromatic heterocycles. The maximum absolute atomic E-state index is 13.7. The maximum atomic E-state index is 13.7. The fourth-order valence-electron chi connectivity index (χ4n) is 4.71. The lowest BCUT2D eigenvalue weighted by atomic mass is 9.77. The normalized spacial score (nSPS) is 19.0. The molecule has 0 atom stereocenters. The van der Waals surface area contributed by atoms with Crippen molar-refractivity contribution in [2.45, 2.75) is 39.3 Å². The third kappa shape index (κ3) is 3.27. The zero-order valence-corrected chi connectivity index (χ0v) is 17.4. The zero-order valence-electron chi connectivity index (χ0n) is 16.7. The number of amides is 1. The Morgan fingerprint density at radius 3 is 2.43 bits per heavy atom. The second-order valence-electron chi connectivity index (χ2n) is 8.26. The third-order valence-corrected chi connectivity index (χ3v) is 6.89. The van der Waals surface area contributed by atoms with Crippen molar-refractivity contribution in [1.29, 1.82) is 5.26 Å². The SMILES string of the molecule is CC(=O)N1CCC2(CCN(c3c(C#N)c(C(F)(F)F)nc4c(Cl)c(C)[nH]c34)CC2)C1. The van der Waals surface area contributed by atoms with Gasteiger partial charge in [-0.25, -0.2) is 4.98 Å². The number of nitrogens with one attached hydrogen (secondary N) is 1. The molecule has 6 nitrogen and oxygen atoms in total. The van der Waals surface area contributed by atoms with Crippen molar-refractivity contribution in [1.82, 2.24) is 14.9 Å². The molecule has 4 heterocycles. The molecule has 4 rings (SSSR count). The van der Waals surface area contributed by atoms with Gasteiger partial charge in [0.2, 0.25) is 5.91 Å². The average molecular weight is 440 g/mol.